The van der Waals surface area contributed by atoms with E-state index in [4.69, 9.17) is 0 Å². The molecule has 2 rings (SSSR count). The maximum absolute atomic E-state index is 9.51. The molecule has 2 atom stereocenters. The van der Waals surface area contributed by atoms with E-state index in [2.05, 4.69) is 4.90 Å². The van der Waals surface area contributed by atoms with E-state index in [9.17, 15) is 5.11 Å². The number of hydrogen-bond donors (Lipinski definition) is 1. The minimum absolute atomic E-state index is 0.0110. The molecule has 70 valence electrons. The molecule has 1 aliphatic heterocycles. The SMILES string of the molecule is OC1CCC1N1CCCCCC1. The molecule has 0 bridgehead atoms. The van der Waals surface area contributed by atoms with E-state index in [1.54, 1.807) is 0 Å². The van der Waals surface area contributed by atoms with E-state index in [0.717, 1.165) is 6.42 Å². The summed E-state index contributed by atoms with van der Waals surface area (Å²) >= 11 is 0. The van der Waals surface area contributed by atoms with Crippen molar-refractivity contribution < 1.29 is 5.11 Å². The van der Waals surface area contributed by atoms with Gasteiger partial charge in [-0.05, 0) is 38.8 Å². The first-order valence-electron chi connectivity index (χ1n) is 5.30. The first kappa shape index (κ1) is 8.52. The summed E-state index contributed by atoms with van der Waals surface area (Å²) in [6.07, 6.45) is 7.69. The minimum atomic E-state index is -0.0110. The van der Waals surface area contributed by atoms with Gasteiger partial charge in [0.2, 0.25) is 0 Å². The second-order valence-electron chi connectivity index (χ2n) is 4.16. The summed E-state index contributed by atoms with van der Waals surface area (Å²) in [5.41, 5.74) is 0. The van der Waals surface area contributed by atoms with Crippen LogP contribution in [-0.4, -0.2) is 35.2 Å². The third-order valence-corrected chi connectivity index (χ3v) is 3.31. The molecule has 0 aromatic rings. The Kier molecular flexibility index (Phi) is 2.66. The molecule has 0 amide bonds. The van der Waals surface area contributed by atoms with Gasteiger partial charge in [0.05, 0.1) is 6.10 Å². The molecule has 1 N–H and O–H groups in total. The molecule has 1 saturated carbocycles. The van der Waals surface area contributed by atoms with Crippen molar-refractivity contribution >= 4 is 0 Å². The highest BCUT2D eigenvalue weighted by Gasteiger charge is 2.33. The second kappa shape index (κ2) is 3.75. The highest BCUT2D eigenvalue weighted by molar-refractivity contribution is 4.89. The fourth-order valence-corrected chi connectivity index (χ4v) is 2.32. The summed E-state index contributed by atoms with van der Waals surface area (Å²) in [5, 5.41) is 9.51. The van der Waals surface area contributed by atoms with Crippen molar-refractivity contribution in [2.24, 2.45) is 0 Å². The standard InChI is InChI=1S/C10H19NO/c12-10-6-5-9(10)11-7-3-1-2-4-8-11/h9-10,12H,1-8H2. The van der Waals surface area contributed by atoms with Crippen LogP contribution >= 0.6 is 0 Å². The van der Waals surface area contributed by atoms with Crippen molar-refractivity contribution in [1.29, 1.82) is 0 Å². The van der Waals surface area contributed by atoms with Gasteiger partial charge in [0.15, 0.2) is 0 Å². The lowest BCUT2D eigenvalue weighted by Crippen LogP contribution is -2.50. The van der Waals surface area contributed by atoms with Crippen molar-refractivity contribution in [2.45, 2.75) is 50.7 Å². The Morgan fingerprint density at radius 3 is 2.00 bits per heavy atom. The Bertz CT molecular complexity index is 141. The number of hydrogen-bond acceptors (Lipinski definition) is 2. The lowest BCUT2D eigenvalue weighted by Gasteiger charge is -2.41. The molecule has 1 heterocycles. The lowest BCUT2D eigenvalue weighted by molar-refractivity contribution is -0.0196. The minimum Gasteiger partial charge on any atom is -0.391 e. The third kappa shape index (κ3) is 1.64. The van der Waals surface area contributed by atoms with Gasteiger partial charge in [-0.25, -0.2) is 0 Å². The molecule has 0 radical (unpaired) electrons. The highest BCUT2D eigenvalue weighted by atomic mass is 16.3. The summed E-state index contributed by atoms with van der Waals surface area (Å²) < 4.78 is 0. The predicted octanol–water partition coefficient (Wildman–Crippen LogP) is 1.39. The molecule has 0 aromatic heterocycles. The van der Waals surface area contributed by atoms with Gasteiger partial charge in [-0.15, -0.1) is 0 Å². The molecule has 12 heavy (non-hydrogen) atoms. The van der Waals surface area contributed by atoms with Crippen molar-refractivity contribution in [3.8, 4) is 0 Å². The van der Waals surface area contributed by atoms with Gasteiger partial charge in [0.1, 0.15) is 0 Å². The summed E-state index contributed by atoms with van der Waals surface area (Å²) in [7, 11) is 0. The first-order chi connectivity index (χ1) is 5.88. The zero-order chi connectivity index (χ0) is 8.39. The molecule has 2 aliphatic rings. The van der Waals surface area contributed by atoms with Crippen LogP contribution in [-0.2, 0) is 0 Å². The van der Waals surface area contributed by atoms with Gasteiger partial charge in [-0.1, -0.05) is 12.8 Å². The number of likely N-dealkylation sites (tertiary alicyclic amines) is 1. The Balaban J connectivity index is 1.84. The Hall–Kier alpha value is -0.0800. The normalized spacial score (nSPS) is 38.8. The van der Waals surface area contributed by atoms with Crippen LogP contribution in [0.2, 0.25) is 0 Å². The maximum Gasteiger partial charge on any atom is 0.0696 e. The maximum atomic E-state index is 9.51. The fraction of sp³-hybridized carbons (Fsp3) is 1.00. The Labute approximate surface area is 74.6 Å². The van der Waals surface area contributed by atoms with Gasteiger partial charge in [-0.2, -0.15) is 0 Å². The topological polar surface area (TPSA) is 23.5 Å². The van der Waals surface area contributed by atoms with Gasteiger partial charge < -0.3 is 5.11 Å². The summed E-state index contributed by atoms with van der Waals surface area (Å²) in [6.45, 7) is 2.45. The molecule has 2 heteroatoms. The van der Waals surface area contributed by atoms with Gasteiger partial charge in [0, 0.05) is 6.04 Å². The molecule has 2 fully saturated rings. The van der Waals surface area contributed by atoms with Crippen LogP contribution in [0.15, 0.2) is 0 Å². The quantitative estimate of drug-likeness (QED) is 0.641. The number of nitrogens with zero attached hydrogens (tertiary/aromatic N) is 1. The van der Waals surface area contributed by atoms with E-state index in [1.807, 2.05) is 0 Å². The van der Waals surface area contributed by atoms with E-state index in [1.165, 1.54) is 45.2 Å². The van der Waals surface area contributed by atoms with Crippen LogP contribution < -0.4 is 0 Å². The van der Waals surface area contributed by atoms with E-state index < -0.39 is 0 Å². The van der Waals surface area contributed by atoms with Crippen LogP contribution in [0.5, 0.6) is 0 Å². The monoisotopic (exact) mass is 169 g/mol. The van der Waals surface area contributed by atoms with Gasteiger partial charge in [-0.3, -0.25) is 4.90 Å². The molecule has 2 unspecified atom stereocenters. The van der Waals surface area contributed by atoms with Crippen LogP contribution in [0.4, 0.5) is 0 Å². The fourth-order valence-electron chi connectivity index (χ4n) is 2.32. The number of aliphatic hydroxyl groups excluding tert-OH is 1. The molecule has 1 aliphatic carbocycles. The summed E-state index contributed by atoms with van der Waals surface area (Å²) in [5.74, 6) is 0. The zero-order valence-electron chi connectivity index (χ0n) is 7.71. The van der Waals surface area contributed by atoms with Crippen molar-refractivity contribution in [3.05, 3.63) is 0 Å². The van der Waals surface area contributed by atoms with Crippen LogP contribution in [0.1, 0.15) is 38.5 Å². The molecular formula is C10H19NO. The van der Waals surface area contributed by atoms with E-state index in [-0.39, 0.29) is 6.10 Å². The lowest BCUT2D eigenvalue weighted by atomic mass is 9.87. The Morgan fingerprint density at radius 1 is 0.917 bits per heavy atom. The summed E-state index contributed by atoms with van der Waals surface area (Å²) in [6, 6.07) is 0.517. The van der Waals surface area contributed by atoms with Crippen molar-refractivity contribution in [1.82, 2.24) is 4.90 Å². The largest absolute Gasteiger partial charge is 0.391 e. The van der Waals surface area contributed by atoms with E-state index >= 15 is 0 Å². The molecule has 0 spiro atoms. The zero-order valence-corrected chi connectivity index (χ0v) is 7.71. The molecular weight excluding hydrogens is 150 g/mol. The van der Waals surface area contributed by atoms with Crippen LogP contribution in [0, 0.1) is 0 Å². The Morgan fingerprint density at radius 2 is 1.58 bits per heavy atom. The van der Waals surface area contributed by atoms with Crippen molar-refractivity contribution in [3.63, 3.8) is 0 Å². The smallest absolute Gasteiger partial charge is 0.0696 e. The second-order valence-corrected chi connectivity index (χ2v) is 4.16. The number of rotatable bonds is 1. The number of aliphatic hydroxyl groups is 1. The average molecular weight is 169 g/mol. The third-order valence-electron chi connectivity index (χ3n) is 3.31. The molecule has 2 nitrogen and oxygen atoms in total. The predicted molar refractivity (Wildman–Crippen MR) is 49.1 cm³/mol. The average Bonchev–Trinajstić information content (AvgIpc) is 2.30. The van der Waals surface area contributed by atoms with Crippen LogP contribution in [0.25, 0.3) is 0 Å². The first-order valence-corrected chi connectivity index (χ1v) is 5.30. The highest BCUT2D eigenvalue weighted by Crippen LogP contribution is 2.27. The van der Waals surface area contributed by atoms with Gasteiger partial charge in [0.25, 0.3) is 0 Å². The van der Waals surface area contributed by atoms with Crippen molar-refractivity contribution in [2.75, 3.05) is 13.1 Å². The van der Waals surface area contributed by atoms with Crippen LogP contribution in [0.3, 0.4) is 0 Å². The van der Waals surface area contributed by atoms with Gasteiger partial charge >= 0.3 is 0 Å². The molecule has 1 saturated heterocycles. The summed E-state index contributed by atoms with van der Waals surface area (Å²) in [4.78, 5) is 2.50. The van der Waals surface area contributed by atoms with E-state index in [0.29, 0.717) is 6.04 Å². The molecule has 0 aromatic carbocycles.